The molecule has 0 aromatic carbocycles. The summed E-state index contributed by atoms with van der Waals surface area (Å²) in [6, 6.07) is 2.56. The first-order chi connectivity index (χ1) is 8.33. The van der Waals surface area contributed by atoms with Crippen molar-refractivity contribution in [2.45, 2.75) is 25.8 Å². The Morgan fingerprint density at radius 3 is 2.72 bits per heavy atom. The lowest BCUT2D eigenvalue weighted by Gasteiger charge is -2.32. The van der Waals surface area contributed by atoms with E-state index >= 15 is 0 Å². The number of halogens is 1. The lowest BCUT2D eigenvalue weighted by atomic mass is 10.1. The molecule has 0 saturated carbocycles. The minimum atomic E-state index is 0. The summed E-state index contributed by atoms with van der Waals surface area (Å²) in [5, 5.41) is 3.32. The van der Waals surface area contributed by atoms with Crippen LogP contribution in [0.5, 0.6) is 5.88 Å². The van der Waals surface area contributed by atoms with Crippen molar-refractivity contribution in [1.29, 1.82) is 0 Å². The summed E-state index contributed by atoms with van der Waals surface area (Å²) in [6.07, 6.45) is 3.89. The molecule has 1 aliphatic heterocycles. The molecule has 1 saturated heterocycles. The quantitative estimate of drug-likeness (QED) is 0.900. The highest BCUT2D eigenvalue weighted by atomic mass is 35.5. The van der Waals surface area contributed by atoms with Gasteiger partial charge >= 0.3 is 0 Å². The van der Waals surface area contributed by atoms with Gasteiger partial charge in [-0.2, -0.15) is 0 Å². The number of ether oxygens (including phenoxy) is 1. The molecule has 0 radical (unpaired) electrons. The molecule has 0 amide bonds. The van der Waals surface area contributed by atoms with Gasteiger partial charge in [-0.05, 0) is 26.8 Å². The number of hydrogen-bond acceptors (Lipinski definition) is 5. The number of hydrogen-bond donors (Lipinski definition) is 1. The Labute approximate surface area is 114 Å². The van der Waals surface area contributed by atoms with Crippen molar-refractivity contribution in [2.75, 3.05) is 31.6 Å². The Bertz CT molecular complexity index is 356. The fourth-order valence-corrected chi connectivity index (χ4v) is 2.13. The van der Waals surface area contributed by atoms with E-state index in [4.69, 9.17) is 4.74 Å². The van der Waals surface area contributed by atoms with Crippen LogP contribution in [0.4, 0.5) is 5.82 Å². The summed E-state index contributed by atoms with van der Waals surface area (Å²) in [6.45, 7) is 4.67. The highest BCUT2D eigenvalue weighted by molar-refractivity contribution is 5.85. The molecule has 102 valence electrons. The molecular weight excluding hydrogens is 252 g/mol. The minimum Gasteiger partial charge on any atom is -0.478 e. The molecule has 0 unspecified atom stereocenters. The number of piperidine rings is 1. The van der Waals surface area contributed by atoms with Gasteiger partial charge in [0.15, 0.2) is 0 Å². The van der Waals surface area contributed by atoms with E-state index in [-0.39, 0.29) is 12.4 Å². The number of rotatable bonds is 4. The van der Waals surface area contributed by atoms with Gasteiger partial charge in [0, 0.05) is 25.2 Å². The molecule has 1 fully saturated rings. The Morgan fingerprint density at radius 2 is 2.11 bits per heavy atom. The summed E-state index contributed by atoms with van der Waals surface area (Å²) in [5.74, 6) is 1.63. The standard InChI is InChI=1S/C12H20N4O.ClH/c1-3-17-12-8-11(14-9-15-12)16-6-4-10(13-2)5-7-16;/h8-10,13H,3-7H2,1-2H3;1H. The molecule has 0 spiro atoms. The van der Waals surface area contributed by atoms with Crippen molar-refractivity contribution in [2.24, 2.45) is 0 Å². The van der Waals surface area contributed by atoms with Crippen molar-refractivity contribution >= 4 is 18.2 Å². The van der Waals surface area contributed by atoms with Gasteiger partial charge in [0.1, 0.15) is 12.1 Å². The molecule has 1 N–H and O–H groups in total. The summed E-state index contributed by atoms with van der Waals surface area (Å²) in [5.41, 5.74) is 0. The largest absolute Gasteiger partial charge is 0.478 e. The predicted molar refractivity (Wildman–Crippen MR) is 74.7 cm³/mol. The molecule has 2 rings (SSSR count). The SMILES string of the molecule is CCOc1cc(N2CCC(NC)CC2)ncn1.Cl. The maximum absolute atomic E-state index is 5.39. The average Bonchev–Trinajstić information content (AvgIpc) is 2.40. The van der Waals surface area contributed by atoms with Gasteiger partial charge in [0.25, 0.3) is 0 Å². The zero-order valence-electron chi connectivity index (χ0n) is 10.9. The van der Waals surface area contributed by atoms with Crippen molar-refractivity contribution in [1.82, 2.24) is 15.3 Å². The summed E-state index contributed by atoms with van der Waals surface area (Å²) >= 11 is 0. The first kappa shape index (κ1) is 15.0. The van der Waals surface area contributed by atoms with Crippen LogP contribution in [0.15, 0.2) is 12.4 Å². The fraction of sp³-hybridized carbons (Fsp3) is 0.667. The summed E-state index contributed by atoms with van der Waals surface area (Å²) < 4.78 is 5.39. The van der Waals surface area contributed by atoms with E-state index in [1.165, 1.54) is 0 Å². The number of nitrogens with zero attached hydrogens (tertiary/aromatic N) is 3. The molecule has 0 atom stereocenters. The first-order valence-electron chi connectivity index (χ1n) is 6.20. The van der Waals surface area contributed by atoms with Gasteiger partial charge in [0.05, 0.1) is 6.61 Å². The third kappa shape index (κ3) is 3.71. The fourth-order valence-electron chi connectivity index (χ4n) is 2.13. The van der Waals surface area contributed by atoms with Crippen LogP contribution in [-0.2, 0) is 0 Å². The van der Waals surface area contributed by atoms with Gasteiger partial charge in [-0.25, -0.2) is 9.97 Å². The zero-order valence-corrected chi connectivity index (χ0v) is 11.7. The van der Waals surface area contributed by atoms with Gasteiger partial charge in [-0.3, -0.25) is 0 Å². The van der Waals surface area contributed by atoms with Crippen molar-refractivity contribution < 1.29 is 4.74 Å². The van der Waals surface area contributed by atoms with Crippen LogP contribution in [-0.4, -0.2) is 42.8 Å². The van der Waals surface area contributed by atoms with Gasteiger partial charge in [-0.1, -0.05) is 0 Å². The Morgan fingerprint density at radius 1 is 1.39 bits per heavy atom. The second kappa shape index (κ2) is 7.38. The van der Waals surface area contributed by atoms with E-state index in [1.54, 1.807) is 6.33 Å². The predicted octanol–water partition coefficient (Wildman–Crippen LogP) is 1.49. The maximum atomic E-state index is 5.39. The molecule has 18 heavy (non-hydrogen) atoms. The minimum absolute atomic E-state index is 0. The molecule has 0 aliphatic carbocycles. The molecular formula is C12H21ClN4O. The lowest BCUT2D eigenvalue weighted by Crippen LogP contribution is -2.41. The Balaban J connectivity index is 0.00000162. The van der Waals surface area contributed by atoms with Crippen LogP contribution in [0.2, 0.25) is 0 Å². The highest BCUT2D eigenvalue weighted by Gasteiger charge is 2.19. The molecule has 2 heterocycles. The number of aromatic nitrogens is 2. The molecule has 1 aliphatic rings. The van der Waals surface area contributed by atoms with Crippen LogP contribution in [0.1, 0.15) is 19.8 Å². The molecule has 0 bridgehead atoms. The van der Waals surface area contributed by atoms with Crippen LogP contribution in [0.3, 0.4) is 0 Å². The van der Waals surface area contributed by atoms with Crippen LogP contribution in [0, 0.1) is 0 Å². The molecule has 6 heteroatoms. The van der Waals surface area contributed by atoms with E-state index in [9.17, 15) is 0 Å². The third-order valence-electron chi connectivity index (χ3n) is 3.15. The van der Waals surface area contributed by atoms with Gasteiger partial charge < -0.3 is 15.0 Å². The zero-order chi connectivity index (χ0) is 12.1. The monoisotopic (exact) mass is 272 g/mol. The summed E-state index contributed by atoms with van der Waals surface area (Å²) in [7, 11) is 2.03. The van der Waals surface area contributed by atoms with E-state index in [2.05, 4.69) is 20.2 Å². The lowest BCUT2D eigenvalue weighted by molar-refractivity contribution is 0.326. The topological polar surface area (TPSA) is 50.3 Å². The van der Waals surface area contributed by atoms with Gasteiger partial charge in [-0.15, -0.1) is 12.4 Å². The van der Waals surface area contributed by atoms with E-state index in [1.807, 2.05) is 20.0 Å². The molecule has 1 aromatic rings. The molecule has 1 aromatic heterocycles. The Hall–Kier alpha value is -1.07. The van der Waals surface area contributed by atoms with E-state index < -0.39 is 0 Å². The second-order valence-corrected chi connectivity index (χ2v) is 4.20. The maximum Gasteiger partial charge on any atom is 0.218 e. The van der Waals surface area contributed by atoms with E-state index in [0.29, 0.717) is 18.5 Å². The van der Waals surface area contributed by atoms with Crippen LogP contribution >= 0.6 is 12.4 Å². The van der Waals surface area contributed by atoms with Crippen LogP contribution in [0.25, 0.3) is 0 Å². The van der Waals surface area contributed by atoms with Crippen molar-refractivity contribution in [3.63, 3.8) is 0 Å². The second-order valence-electron chi connectivity index (χ2n) is 4.20. The smallest absolute Gasteiger partial charge is 0.218 e. The summed E-state index contributed by atoms with van der Waals surface area (Å²) in [4.78, 5) is 10.7. The normalized spacial score (nSPS) is 16.2. The molecule has 5 nitrogen and oxygen atoms in total. The van der Waals surface area contributed by atoms with Gasteiger partial charge in [0.2, 0.25) is 5.88 Å². The third-order valence-corrected chi connectivity index (χ3v) is 3.15. The average molecular weight is 273 g/mol. The van der Waals surface area contributed by atoms with Crippen LogP contribution < -0.4 is 15.0 Å². The van der Waals surface area contributed by atoms with E-state index in [0.717, 1.165) is 31.7 Å². The van der Waals surface area contributed by atoms with Crippen molar-refractivity contribution in [3.05, 3.63) is 12.4 Å². The highest BCUT2D eigenvalue weighted by Crippen LogP contribution is 2.20. The first-order valence-corrected chi connectivity index (χ1v) is 6.20. The number of anilines is 1. The number of nitrogens with one attached hydrogen (secondary N) is 1. The van der Waals surface area contributed by atoms with Crippen molar-refractivity contribution in [3.8, 4) is 5.88 Å². The Kier molecular flexibility index (Phi) is 6.15.